The standard InChI is InChI=1S/C30H33F4N3O2/c1-6-7-8-15-28(2,3)21-16-23(29(4,5)19-9-12-22(31)13-10-19)27(38)26(18-21)36-35-24-17-20(30(32,33)34)11-14-25(24)37(36)39/h9-14,16-18,38H,6-8,15H2,1-5H3. The minimum absolute atomic E-state index is 0.0565. The molecule has 0 atom stereocenters. The van der Waals surface area contributed by atoms with E-state index in [1.54, 1.807) is 18.2 Å². The van der Waals surface area contributed by atoms with E-state index in [1.807, 2.05) is 19.9 Å². The molecule has 0 saturated heterocycles. The number of hydrogen-bond acceptors (Lipinski definition) is 3. The SMILES string of the molecule is CCCCCC(C)(C)c1cc(-n2nc3cc(C(F)(F)F)ccc3[n+]2[O-])c(O)c(C(C)(C)c2ccc(F)cc2)c1. The molecule has 0 spiro atoms. The minimum Gasteiger partial charge on any atom is -0.692 e. The Hall–Kier alpha value is -3.62. The van der Waals surface area contributed by atoms with Gasteiger partial charge in [0.15, 0.2) is 11.4 Å². The molecule has 1 aromatic heterocycles. The number of alkyl halides is 3. The third-order valence-corrected chi connectivity index (χ3v) is 7.61. The van der Waals surface area contributed by atoms with Crippen molar-refractivity contribution in [3.63, 3.8) is 0 Å². The summed E-state index contributed by atoms with van der Waals surface area (Å²) in [6.45, 7) is 10.0. The number of rotatable bonds is 8. The van der Waals surface area contributed by atoms with Crippen LogP contribution in [0.5, 0.6) is 5.75 Å². The zero-order chi connectivity index (χ0) is 28.8. The summed E-state index contributed by atoms with van der Waals surface area (Å²) in [6, 6.07) is 12.3. The van der Waals surface area contributed by atoms with Crippen LogP contribution < -0.4 is 4.85 Å². The first-order valence-corrected chi connectivity index (χ1v) is 13.0. The van der Waals surface area contributed by atoms with Gasteiger partial charge in [0, 0.05) is 17.0 Å². The average Bonchev–Trinajstić information content (AvgIpc) is 3.19. The van der Waals surface area contributed by atoms with Crippen LogP contribution >= 0.6 is 0 Å². The molecule has 0 aliphatic rings. The highest BCUT2D eigenvalue weighted by atomic mass is 19.4. The van der Waals surface area contributed by atoms with Crippen molar-refractivity contribution in [2.24, 2.45) is 0 Å². The fourth-order valence-electron chi connectivity index (χ4n) is 4.96. The van der Waals surface area contributed by atoms with Crippen molar-refractivity contribution in [2.75, 3.05) is 0 Å². The Kier molecular flexibility index (Phi) is 7.40. The maximum atomic E-state index is 13.7. The van der Waals surface area contributed by atoms with Crippen molar-refractivity contribution in [3.8, 4) is 11.4 Å². The van der Waals surface area contributed by atoms with E-state index in [2.05, 4.69) is 25.9 Å². The molecule has 0 fully saturated rings. The van der Waals surface area contributed by atoms with E-state index < -0.39 is 17.2 Å². The Morgan fingerprint density at radius 3 is 2.15 bits per heavy atom. The number of phenols is 1. The van der Waals surface area contributed by atoms with E-state index in [-0.39, 0.29) is 33.7 Å². The van der Waals surface area contributed by atoms with Crippen molar-refractivity contribution in [1.82, 2.24) is 9.90 Å². The summed E-state index contributed by atoms with van der Waals surface area (Å²) in [5.74, 6) is -0.620. The number of phenolic OH excluding ortho intramolecular Hbond substituents is 1. The largest absolute Gasteiger partial charge is 0.692 e. The molecule has 5 nitrogen and oxygen atoms in total. The van der Waals surface area contributed by atoms with Crippen molar-refractivity contribution in [1.29, 1.82) is 0 Å². The summed E-state index contributed by atoms with van der Waals surface area (Å²) in [4.78, 5) is 1.28. The second-order valence-corrected chi connectivity index (χ2v) is 11.2. The molecule has 3 aromatic carbocycles. The summed E-state index contributed by atoms with van der Waals surface area (Å²) >= 11 is 0. The molecule has 0 saturated carbocycles. The molecule has 0 radical (unpaired) electrons. The first-order valence-electron chi connectivity index (χ1n) is 13.0. The van der Waals surface area contributed by atoms with Crippen molar-refractivity contribution < 1.29 is 27.5 Å². The van der Waals surface area contributed by atoms with Crippen LogP contribution in [0.25, 0.3) is 16.7 Å². The molecular weight excluding hydrogens is 510 g/mol. The van der Waals surface area contributed by atoms with Crippen LogP contribution in [0.15, 0.2) is 54.6 Å². The fourth-order valence-corrected chi connectivity index (χ4v) is 4.96. The number of unbranched alkanes of at least 4 members (excludes halogenated alkanes) is 2. The van der Waals surface area contributed by atoms with Gasteiger partial charge < -0.3 is 10.3 Å². The number of nitrogens with zero attached hydrogens (tertiary/aromatic N) is 3. The Labute approximate surface area is 225 Å². The smallest absolute Gasteiger partial charge is 0.416 e. The Bertz CT molecular complexity index is 1490. The Morgan fingerprint density at radius 2 is 1.54 bits per heavy atom. The molecule has 0 aliphatic carbocycles. The van der Waals surface area contributed by atoms with Gasteiger partial charge in [-0.2, -0.15) is 13.2 Å². The topological polar surface area (TPSA) is 65.0 Å². The fraction of sp³-hybridized carbons (Fsp3) is 0.400. The second kappa shape index (κ2) is 10.2. The monoisotopic (exact) mass is 543 g/mol. The molecule has 9 heteroatoms. The van der Waals surface area contributed by atoms with Gasteiger partial charge in [-0.1, -0.05) is 72.1 Å². The van der Waals surface area contributed by atoms with Gasteiger partial charge in [-0.25, -0.2) is 4.39 Å². The maximum absolute atomic E-state index is 13.7. The van der Waals surface area contributed by atoms with E-state index in [9.17, 15) is 27.9 Å². The highest BCUT2D eigenvalue weighted by Crippen LogP contribution is 2.43. The van der Waals surface area contributed by atoms with E-state index >= 15 is 0 Å². The van der Waals surface area contributed by atoms with Crippen molar-refractivity contribution >= 4 is 11.0 Å². The van der Waals surface area contributed by atoms with Crippen LogP contribution in [0.2, 0.25) is 0 Å². The van der Waals surface area contributed by atoms with Crippen molar-refractivity contribution in [3.05, 3.63) is 87.9 Å². The van der Waals surface area contributed by atoms with Gasteiger partial charge in [0.25, 0.3) is 5.52 Å². The van der Waals surface area contributed by atoms with E-state index in [0.29, 0.717) is 10.4 Å². The summed E-state index contributed by atoms with van der Waals surface area (Å²) < 4.78 is 53.6. The second-order valence-electron chi connectivity index (χ2n) is 11.2. The number of aromatic hydroxyl groups is 1. The first kappa shape index (κ1) is 28.4. The van der Waals surface area contributed by atoms with E-state index in [0.717, 1.165) is 59.8 Å². The molecule has 1 N–H and O–H groups in total. The van der Waals surface area contributed by atoms with Crippen molar-refractivity contribution in [2.45, 2.75) is 77.3 Å². The third-order valence-electron chi connectivity index (χ3n) is 7.61. The number of halogens is 4. The lowest BCUT2D eigenvalue weighted by Gasteiger charge is -2.32. The van der Waals surface area contributed by atoms with Gasteiger partial charge in [-0.05, 0) is 58.1 Å². The van der Waals surface area contributed by atoms with Gasteiger partial charge in [0.1, 0.15) is 5.82 Å². The highest BCUT2D eigenvalue weighted by Gasteiger charge is 2.35. The number of fused-ring (bicyclic) bond motifs is 1. The van der Waals surface area contributed by atoms with Gasteiger partial charge in [-0.3, -0.25) is 0 Å². The quantitative estimate of drug-likeness (QED) is 0.107. The lowest BCUT2D eigenvalue weighted by Crippen LogP contribution is -2.37. The highest BCUT2D eigenvalue weighted by molar-refractivity contribution is 5.72. The molecule has 4 rings (SSSR count). The van der Waals surface area contributed by atoms with Gasteiger partial charge in [0.2, 0.25) is 5.52 Å². The molecule has 0 bridgehead atoms. The van der Waals surface area contributed by atoms with Crippen LogP contribution in [0.3, 0.4) is 0 Å². The van der Waals surface area contributed by atoms with Crippen LogP contribution in [0, 0.1) is 11.0 Å². The molecule has 208 valence electrons. The number of aromatic nitrogens is 3. The van der Waals surface area contributed by atoms with Crippen LogP contribution in [0.1, 0.15) is 82.6 Å². The molecule has 4 aromatic rings. The number of hydrogen-bond donors (Lipinski definition) is 1. The average molecular weight is 544 g/mol. The predicted molar refractivity (Wildman–Crippen MR) is 142 cm³/mol. The molecule has 0 unspecified atom stereocenters. The molecule has 0 aliphatic heterocycles. The number of benzene rings is 3. The molecule has 39 heavy (non-hydrogen) atoms. The van der Waals surface area contributed by atoms with E-state index in [4.69, 9.17) is 0 Å². The maximum Gasteiger partial charge on any atom is 0.416 e. The molecular formula is C30H33F4N3O2. The van der Waals surface area contributed by atoms with Crippen LogP contribution in [-0.4, -0.2) is 15.0 Å². The summed E-state index contributed by atoms with van der Waals surface area (Å²) in [5, 5.41) is 29.0. The van der Waals surface area contributed by atoms with Gasteiger partial charge >= 0.3 is 6.18 Å². The Balaban J connectivity index is 1.96. The summed E-state index contributed by atoms with van der Waals surface area (Å²) in [5.41, 5.74) is -0.176. The van der Waals surface area contributed by atoms with Gasteiger partial charge in [-0.15, -0.1) is 4.85 Å². The zero-order valence-corrected chi connectivity index (χ0v) is 22.7. The normalized spacial score (nSPS) is 12.8. The third kappa shape index (κ3) is 5.44. The lowest BCUT2D eigenvalue weighted by molar-refractivity contribution is -0.664. The van der Waals surface area contributed by atoms with Crippen LogP contribution in [0.4, 0.5) is 17.6 Å². The van der Waals surface area contributed by atoms with E-state index in [1.165, 1.54) is 12.1 Å². The molecule has 1 heterocycles. The van der Waals surface area contributed by atoms with Crippen LogP contribution in [-0.2, 0) is 17.0 Å². The first-order chi connectivity index (χ1) is 18.2. The summed E-state index contributed by atoms with van der Waals surface area (Å²) in [6.07, 6.45) is -0.675. The molecule has 0 amide bonds. The van der Waals surface area contributed by atoms with Gasteiger partial charge in [0.05, 0.1) is 10.7 Å². The summed E-state index contributed by atoms with van der Waals surface area (Å²) in [7, 11) is 0. The lowest BCUT2D eigenvalue weighted by atomic mass is 9.73. The zero-order valence-electron chi connectivity index (χ0n) is 22.7. The Morgan fingerprint density at radius 1 is 0.897 bits per heavy atom. The minimum atomic E-state index is -4.59. The predicted octanol–water partition coefficient (Wildman–Crippen LogP) is 7.71.